The summed E-state index contributed by atoms with van der Waals surface area (Å²) in [6.45, 7) is 0.993. The van der Waals surface area contributed by atoms with E-state index in [1.54, 1.807) is 0 Å². The zero-order valence-electron chi connectivity index (χ0n) is 11.1. The van der Waals surface area contributed by atoms with Gasteiger partial charge in [-0.3, -0.25) is 4.98 Å². The molecule has 1 saturated heterocycles. The molecular weight excluding hydrogens is 281 g/mol. The van der Waals surface area contributed by atoms with Gasteiger partial charge in [0, 0.05) is 25.3 Å². The largest absolute Gasteiger partial charge is 0.328 e. The number of fused-ring (bicyclic) bond motifs is 1. The number of sulfonamides is 1. The van der Waals surface area contributed by atoms with Gasteiger partial charge in [-0.1, -0.05) is 0 Å². The maximum Gasteiger partial charge on any atom is 0.244 e. The Balaban J connectivity index is 1.83. The maximum absolute atomic E-state index is 13.2. The molecule has 0 spiro atoms. The van der Waals surface area contributed by atoms with Crippen molar-refractivity contribution in [3.8, 4) is 0 Å². The molecule has 0 bridgehead atoms. The lowest BCUT2D eigenvalue weighted by atomic mass is 9.79. The fraction of sp³-hybridized carbons (Fsp3) is 0.615. The van der Waals surface area contributed by atoms with Crippen LogP contribution in [0.5, 0.6) is 0 Å². The van der Waals surface area contributed by atoms with Crippen molar-refractivity contribution in [1.82, 2.24) is 9.29 Å². The standard InChI is InChI=1S/C13H18FN3O2S/c14-11-4-13(6-16-5-11)20(18,19)17-7-9-1-2-12(15)3-10(9)8-17/h4-6,9-10,12H,1-3,7-8,15H2/t9-,10+,12?/m1/s1. The highest BCUT2D eigenvalue weighted by atomic mass is 32.2. The second-order valence-electron chi connectivity index (χ2n) is 5.75. The third kappa shape index (κ3) is 2.45. The third-order valence-corrected chi connectivity index (χ3v) is 6.17. The lowest BCUT2D eigenvalue weighted by Crippen LogP contribution is -2.32. The van der Waals surface area contributed by atoms with Crippen molar-refractivity contribution in [2.75, 3.05) is 13.1 Å². The number of hydrogen-bond acceptors (Lipinski definition) is 4. The van der Waals surface area contributed by atoms with Crippen molar-refractivity contribution in [2.45, 2.75) is 30.2 Å². The fourth-order valence-corrected chi connectivity index (χ4v) is 4.83. The number of aromatic nitrogens is 1. The summed E-state index contributed by atoms with van der Waals surface area (Å²) >= 11 is 0. The highest BCUT2D eigenvalue weighted by molar-refractivity contribution is 7.89. The Labute approximate surface area is 118 Å². The van der Waals surface area contributed by atoms with Crippen LogP contribution < -0.4 is 5.73 Å². The highest BCUT2D eigenvalue weighted by Gasteiger charge is 2.41. The minimum absolute atomic E-state index is 0.0690. The second kappa shape index (κ2) is 5.05. The number of rotatable bonds is 2. The molecule has 1 aromatic rings. The monoisotopic (exact) mass is 299 g/mol. The minimum Gasteiger partial charge on any atom is -0.328 e. The van der Waals surface area contributed by atoms with Gasteiger partial charge in [0.15, 0.2) is 0 Å². The van der Waals surface area contributed by atoms with E-state index < -0.39 is 15.8 Å². The van der Waals surface area contributed by atoms with Crippen LogP contribution in [0.4, 0.5) is 4.39 Å². The topological polar surface area (TPSA) is 76.3 Å². The van der Waals surface area contributed by atoms with E-state index in [0.29, 0.717) is 24.9 Å². The average molecular weight is 299 g/mol. The molecular formula is C13H18FN3O2S. The van der Waals surface area contributed by atoms with Crippen LogP contribution in [0.15, 0.2) is 23.4 Å². The smallest absolute Gasteiger partial charge is 0.244 e. The van der Waals surface area contributed by atoms with Crippen LogP contribution in [0.2, 0.25) is 0 Å². The highest BCUT2D eigenvalue weighted by Crippen LogP contribution is 2.37. The van der Waals surface area contributed by atoms with Crippen molar-refractivity contribution < 1.29 is 12.8 Å². The molecule has 2 N–H and O–H groups in total. The Bertz CT molecular complexity index is 607. The molecule has 7 heteroatoms. The molecule has 2 fully saturated rings. The molecule has 3 atom stereocenters. The molecule has 1 aromatic heterocycles. The first kappa shape index (κ1) is 13.9. The first-order valence-electron chi connectivity index (χ1n) is 6.83. The predicted molar refractivity (Wildman–Crippen MR) is 71.8 cm³/mol. The van der Waals surface area contributed by atoms with Gasteiger partial charge >= 0.3 is 0 Å². The molecule has 3 rings (SSSR count). The minimum atomic E-state index is -3.65. The third-order valence-electron chi connectivity index (χ3n) is 4.37. The van der Waals surface area contributed by atoms with E-state index in [1.165, 1.54) is 10.5 Å². The van der Waals surface area contributed by atoms with E-state index in [-0.39, 0.29) is 10.9 Å². The van der Waals surface area contributed by atoms with Gasteiger partial charge in [-0.05, 0) is 37.2 Å². The number of nitrogens with zero attached hydrogens (tertiary/aromatic N) is 2. The first-order chi connectivity index (χ1) is 9.46. The van der Waals surface area contributed by atoms with Crippen LogP contribution in [0.25, 0.3) is 0 Å². The summed E-state index contributed by atoms with van der Waals surface area (Å²) in [4.78, 5) is 3.55. The molecule has 0 amide bonds. The van der Waals surface area contributed by atoms with Crippen molar-refractivity contribution in [3.05, 3.63) is 24.3 Å². The van der Waals surface area contributed by atoms with E-state index in [4.69, 9.17) is 5.73 Å². The van der Waals surface area contributed by atoms with E-state index in [9.17, 15) is 12.8 Å². The summed E-state index contributed by atoms with van der Waals surface area (Å²) < 4.78 is 39.6. The zero-order valence-corrected chi connectivity index (χ0v) is 11.9. The summed E-state index contributed by atoms with van der Waals surface area (Å²) in [6, 6.07) is 1.20. The molecule has 2 heterocycles. The SMILES string of the molecule is NC1CC[C@@H]2CN(S(=O)(=O)c3cncc(F)c3)C[C@@H]2C1. The van der Waals surface area contributed by atoms with Crippen LogP contribution in [0.1, 0.15) is 19.3 Å². The average Bonchev–Trinajstić information content (AvgIpc) is 2.82. The normalized spacial score (nSPS) is 31.2. The zero-order chi connectivity index (χ0) is 14.3. The lowest BCUT2D eigenvalue weighted by Gasteiger charge is -2.28. The molecule has 0 radical (unpaired) electrons. The van der Waals surface area contributed by atoms with Gasteiger partial charge in [-0.25, -0.2) is 12.8 Å². The Morgan fingerprint density at radius 2 is 2.00 bits per heavy atom. The van der Waals surface area contributed by atoms with Crippen LogP contribution in [-0.4, -0.2) is 36.8 Å². The number of nitrogens with two attached hydrogens (primary N) is 1. The van der Waals surface area contributed by atoms with E-state index in [2.05, 4.69) is 4.98 Å². The van der Waals surface area contributed by atoms with Crippen molar-refractivity contribution in [2.24, 2.45) is 17.6 Å². The summed E-state index contributed by atoms with van der Waals surface area (Å²) in [7, 11) is -3.65. The maximum atomic E-state index is 13.2. The van der Waals surface area contributed by atoms with Gasteiger partial charge in [0.2, 0.25) is 10.0 Å². The van der Waals surface area contributed by atoms with Gasteiger partial charge in [-0.15, -0.1) is 0 Å². The Morgan fingerprint density at radius 3 is 2.75 bits per heavy atom. The van der Waals surface area contributed by atoms with Gasteiger partial charge in [-0.2, -0.15) is 4.31 Å². The van der Waals surface area contributed by atoms with Crippen molar-refractivity contribution in [1.29, 1.82) is 0 Å². The Kier molecular flexibility index (Phi) is 3.51. The summed E-state index contributed by atoms with van der Waals surface area (Å²) in [5.74, 6) is 0.0749. The molecule has 110 valence electrons. The van der Waals surface area contributed by atoms with Crippen LogP contribution in [0, 0.1) is 17.7 Å². The van der Waals surface area contributed by atoms with Crippen LogP contribution in [-0.2, 0) is 10.0 Å². The lowest BCUT2D eigenvalue weighted by molar-refractivity contribution is 0.271. The Hall–Kier alpha value is -1.05. The quantitative estimate of drug-likeness (QED) is 0.883. The molecule has 1 unspecified atom stereocenters. The summed E-state index contributed by atoms with van der Waals surface area (Å²) in [5.41, 5.74) is 5.95. The van der Waals surface area contributed by atoms with Crippen molar-refractivity contribution >= 4 is 10.0 Å². The molecule has 0 aromatic carbocycles. The summed E-state index contributed by atoms with van der Waals surface area (Å²) in [5, 5.41) is 0. The van der Waals surface area contributed by atoms with Gasteiger partial charge in [0.1, 0.15) is 10.7 Å². The molecule has 1 aliphatic carbocycles. The molecule has 5 nitrogen and oxygen atoms in total. The molecule has 20 heavy (non-hydrogen) atoms. The van der Waals surface area contributed by atoms with E-state index in [1.807, 2.05) is 0 Å². The van der Waals surface area contributed by atoms with Gasteiger partial charge < -0.3 is 5.73 Å². The molecule has 1 aliphatic heterocycles. The fourth-order valence-electron chi connectivity index (χ4n) is 3.30. The Morgan fingerprint density at radius 1 is 1.25 bits per heavy atom. The van der Waals surface area contributed by atoms with E-state index >= 15 is 0 Å². The van der Waals surface area contributed by atoms with Gasteiger partial charge in [0.05, 0.1) is 6.20 Å². The number of pyridine rings is 1. The summed E-state index contributed by atoms with van der Waals surface area (Å²) in [6.07, 6.45) is 5.00. The number of hydrogen-bond donors (Lipinski definition) is 1. The molecule has 1 saturated carbocycles. The van der Waals surface area contributed by atoms with Crippen LogP contribution in [0.3, 0.4) is 0 Å². The number of halogens is 1. The van der Waals surface area contributed by atoms with Gasteiger partial charge in [0.25, 0.3) is 0 Å². The van der Waals surface area contributed by atoms with Crippen molar-refractivity contribution in [3.63, 3.8) is 0 Å². The van der Waals surface area contributed by atoms with Crippen LogP contribution >= 0.6 is 0 Å². The molecule has 2 aliphatic rings. The predicted octanol–water partition coefficient (Wildman–Crippen LogP) is 0.969. The second-order valence-corrected chi connectivity index (χ2v) is 7.69. The first-order valence-corrected chi connectivity index (χ1v) is 8.27. The van der Waals surface area contributed by atoms with E-state index in [0.717, 1.165) is 31.5 Å².